The van der Waals surface area contributed by atoms with Gasteiger partial charge in [0.2, 0.25) is 15.8 Å². The summed E-state index contributed by atoms with van der Waals surface area (Å²) in [4.78, 5) is 25.5. The lowest BCUT2D eigenvalue weighted by atomic mass is 10.1. The first kappa shape index (κ1) is 22.7. The van der Waals surface area contributed by atoms with Crippen molar-refractivity contribution in [2.45, 2.75) is 44.6 Å². The molecule has 172 valence electrons. The average molecular weight is 461 g/mol. The Morgan fingerprint density at radius 3 is 2.41 bits per heavy atom. The summed E-state index contributed by atoms with van der Waals surface area (Å²) in [5, 5.41) is 0. The molecule has 2 aliphatic rings. The second kappa shape index (κ2) is 8.80. The van der Waals surface area contributed by atoms with E-state index in [2.05, 4.69) is 4.57 Å². The van der Waals surface area contributed by atoms with Crippen molar-refractivity contribution in [2.75, 3.05) is 32.9 Å². The van der Waals surface area contributed by atoms with Crippen LogP contribution in [-0.2, 0) is 19.5 Å². The van der Waals surface area contributed by atoms with Gasteiger partial charge in [0.25, 0.3) is 0 Å². The zero-order valence-electron chi connectivity index (χ0n) is 18.6. The van der Waals surface area contributed by atoms with Crippen molar-refractivity contribution in [2.24, 2.45) is 0 Å². The molecule has 4 rings (SSSR count). The summed E-state index contributed by atoms with van der Waals surface area (Å²) >= 11 is 0. The number of hydrogen-bond acceptors (Lipinski definition) is 6. The second-order valence-corrected chi connectivity index (χ2v) is 10.3. The van der Waals surface area contributed by atoms with Gasteiger partial charge in [-0.15, -0.1) is 0 Å². The normalized spacial score (nSPS) is 17.3. The first-order chi connectivity index (χ1) is 15.2. The van der Waals surface area contributed by atoms with E-state index < -0.39 is 22.6 Å². The van der Waals surface area contributed by atoms with Crippen molar-refractivity contribution in [3.8, 4) is 0 Å². The Hall–Kier alpha value is -2.49. The second-order valence-electron chi connectivity index (χ2n) is 8.38. The number of carbonyl (C=O) groups excluding carboxylic acids is 2. The van der Waals surface area contributed by atoms with Gasteiger partial charge < -0.3 is 14.0 Å². The van der Waals surface area contributed by atoms with Crippen molar-refractivity contribution in [1.82, 2.24) is 8.87 Å². The molecule has 2 aromatic rings. The lowest BCUT2D eigenvalue weighted by molar-refractivity contribution is 0.0473. The maximum absolute atomic E-state index is 12.9. The van der Waals surface area contributed by atoms with Crippen molar-refractivity contribution in [3.63, 3.8) is 0 Å². The lowest BCUT2D eigenvalue weighted by Gasteiger charge is -2.26. The topological polar surface area (TPSA) is 94.9 Å². The minimum absolute atomic E-state index is 0.0243. The smallest absolute Gasteiger partial charge is 0.338 e. The van der Waals surface area contributed by atoms with Gasteiger partial charge in [0, 0.05) is 36.1 Å². The third-order valence-corrected chi connectivity index (χ3v) is 7.96. The Kier molecular flexibility index (Phi) is 6.24. The number of benzene rings is 1. The summed E-state index contributed by atoms with van der Waals surface area (Å²) in [5.74, 6) is -0.987. The van der Waals surface area contributed by atoms with E-state index in [4.69, 9.17) is 9.47 Å². The first-order valence-electron chi connectivity index (χ1n) is 10.8. The van der Waals surface area contributed by atoms with Crippen LogP contribution in [0, 0.1) is 20.8 Å². The summed E-state index contributed by atoms with van der Waals surface area (Å²) in [6.07, 6.45) is 2.23. The van der Waals surface area contributed by atoms with Gasteiger partial charge in [-0.1, -0.05) is 6.07 Å². The number of nitrogens with zero attached hydrogens (tertiary/aromatic N) is 2. The SMILES string of the molecule is Cc1ccc(S(=O)(=O)N2CCOCC2)cc1C(=O)OCC(=O)c1cc(C)n(C2CC2)c1C. The number of ketones is 1. The zero-order valence-corrected chi connectivity index (χ0v) is 19.4. The highest BCUT2D eigenvalue weighted by Gasteiger charge is 2.29. The van der Waals surface area contributed by atoms with Crippen LogP contribution in [-0.4, -0.2) is 62.0 Å². The molecule has 0 atom stereocenters. The highest BCUT2D eigenvalue weighted by atomic mass is 32.2. The molecule has 0 amide bonds. The van der Waals surface area contributed by atoms with Gasteiger partial charge in [0.1, 0.15) is 0 Å². The minimum Gasteiger partial charge on any atom is -0.454 e. The molecule has 2 heterocycles. The third kappa shape index (κ3) is 4.37. The maximum atomic E-state index is 12.9. The Morgan fingerprint density at radius 2 is 1.75 bits per heavy atom. The molecule has 0 N–H and O–H groups in total. The molecule has 0 spiro atoms. The average Bonchev–Trinajstić information content (AvgIpc) is 3.56. The number of aromatic nitrogens is 1. The number of hydrogen-bond donors (Lipinski definition) is 0. The van der Waals surface area contributed by atoms with E-state index in [1.165, 1.54) is 16.4 Å². The Bertz CT molecular complexity index is 1160. The molecule has 1 saturated carbocycles. The molecule has 0 unspecified atom stereocenters. The number of esters is 1. The largest absolute Gasteiger partial charge is 0.454 e. The van der Waals surface area contributed by atoms with E-state index in [0.717, 1.165) is 24.2 Å². The third-order valence-electron chi connectivity index (χ3n) is 6.07. The molecule has 8 nitrogen and oxygen atoms in total. The number of sulfonamides is 1. The van der Waals surface area contributed by atoms with Crippen LogP contribution in [0.25, 0.3) is 0 Å². The number of ether oxygens (including phenoxy) is 2. The quantitative estimate of drug-likeness (QED) is 0.466. The van der Waals surface area contributed by atoms with Crippen LogP contribution >= 0.6 is 0 Å². The van der Waals surface area contributed by atoms with E-state index in [1.54, 1.807) is 13.0 Å². The summed E-state index contributed by atoms with van der Waals surface area (Å²) < 4.78 is 39.9. The van der Waals surface area contributed by atoms with Gasteiger partial charge in [-0.25, -0.2) is 13.2 Å². The molecule has 1 aliphatic heterocycles. The predicted molar refractivity (Wildman–Crippen MR) is 118 cm³/mol. The monoisotopic (exact) mass is 460 g/mol. The van der Waals surface area contributed by atoms with Crippen molar-refractivity contribution >= 4 is 21.8 Å². The van der Waals surface area contributed by atoms with Crippen LogP contribution in [0.5, 0.6) is 0 Å². The van der Waals surface area contributed by atoms with Crippen LogP contribution in [0.2, 0.25) is 0 Å². The highest BCUT2D eigenvalue weighted by Crippen LogP contribution is 2.38. The molecule has 1 aromatic carbocycles. The standard InChI is InChI=1S/C23H28N2O6S/c1-15-4-7-19(32(28,29)24-8-10-30-11-9-24)13-20(15)23(27)31-14-22(26)21-12-16(2)25(17(21)3)18-5-6-18/h4,7,12-13,18H,5-6,8-11,14H2,1-3H3. The molecule has 9 heteroatoms. The summed E-state index contributed by atoms with van der Waals surface area (Å²) in [6, 6.07) is 6.68. The van der Waals surface area contributed by atoms with Crippen LogP contribution in [0.4, 0.5) is 0 Å². The molecule has 1 saturated heterocycles. The molecular formula is C23H28N2O6S. The maximum Gasteiger partial charge on any atom is 0.338 e. The van der Waals surface area contributed by atoms with Crippen LogP contribution < -0.4 is 0 Å². The van der Waals surface area contributed by atoms with Crippen LogP contribution in [0.3, 0.4) is 0 Å². The fourth-order valence-corrected chi connectivity index (χ4v) is 5.59. The Balaban J connectivity index is 1.48. The van der Waals surface area contributed by atoms with Gasteiger partial charge in [-0.05, 0) is 57.4 Å². The number of rotatable bonds is 7. The van der Waals surface area contributed by atoms with Gasteiger partial charge in [0.05, 0.1) is 23.7 Å². The zero-order chi connectivity index (χ0) is 23.0. The molecule has 0 radical (unpaired) electrons. The van der Waals surface area contributed by atoms with Gasteiger partial charge in [0.15, 0.2) is 6.61 Å². The number of morpholine rings is 1. The molecule has 1 aromatic heterocycles. The summed E-state index contributed by atoms with van der Waals surface area (Å²) in [7, 11) is -3.74. The molecular weight excluding hydrogens is 432 g/mol. The molecule has 32 heavy (non-hydrogen) atoms. The summed E-state index contributed by atoms with van der Waals surface area (Å²) in [6.45, 7) is 6.39. The minimum atomic E-state index is -3.74. The molecule has 0 bridgehead atoms. The first-order valence-corrected chi connectivity index (χ1v) is 12.2. The Morgan fingerprint density at radius 1 is 1.06 bits per heavy atom. The van der Waals surface area contributed by atoms with E-state index >= 15 is 0 Å². The summed E-state index contributed by atoms with van der Waals surface area (Å²) in [5.41, 5.74) is 3.19. The van der Waals surface area contributed by atoms with E-state index in [1.807, 2.05) is 19.9 Å². The van der Waals surface area contributed by atoms with Gasteiger partial charge in [-0.2, -0.15) is 4.31 Å². The van der Waals surface area contributed by atoms with E-state index in [-0.39, 0.29) is 29.3 Å². The molecule has 2 fully saturated rings. The van der Waals surface area contributed by atoms with Crippen molar-refractivity contribution in [3.05, 3.63) is 52.3 Å². The number of carbonyl (C=O) groups is 2. The highest BCUT2D eigenvalue weighted by molar-refractivity contribution is 7.89. The predicted octanol–water partition coefficient (Wildman–Crippen LogP) is 2.81. The van der Waals surface area contributed by atoms with Crippen LogP contribution in [0.1, 0.15) is 56.6 Å². The fourth-order valence-electron chi connectivity index (χ4n) is 4.16. The van der Waals surface area contributed by atoms with Crippen molar-refractivity contribution < 1.29 is 27.5 Å². The molecule has 1 aliphatic carbocycles. The van der Waals surface area contributed by atoms with Crippen LogP contribution in [0.15, 0.2) is 29.2 Å². The van der Waals surface area contributed by atoms with E-state index in [0.29, 0.717) is 30.4 Å². The van der Waals surface area contributed by atoms with Gasteiger partial charge >= 0.3 is 5.97 Å². The van der Waals surface area contributed by atoms with Gasteiger partial charge in [-0.3, -0.25) is 4.79 Å². The Labute approximate surface area is 188 Å². The van der Waals surface area contributed by atoms with E-state index in [9.17, 15) is 18.0 Å². The number of aryl methyl sites for hydroxylation is 2. The van der Waals surface area contributed by atoms with Crippen molar-refractivity contribution in [1.29, 1.82) is 0 Å². The fraction of sp³-hybridized carbons (Fsp3) is 0.478. The lowest BCUT2D eigenvalue weighted by Crippen LogP contribution is -2.40. The number of Topliss-reactive ketones (excluding diaryl/α,β-unsaturated/α-hetero) is 1.